The van der Waals surface area contributed by atoms with E-state index < -0.39 is 4.87 Å². The van der Waals surface area contributed by atoms with Crippen LogP contribution in [-0.4, -0.2) is 45.4 Å². The van der Waals surface area contributed by atoms with Gasteiger partial charge in [0, 0.05) is 18.4 Å². The molecule has 3 atom stereocenters. The second-order valence-corrected chi connectivity index (χ2v) is 7.96. The number of H-pyrrole nitrogens is 1. The Morgan fingerprint density at radius 1 is 1.42 bits per heavy atom. The third-order valence-corrected chi connectivity index (χ3v) is 6.90. The van der Waals surface area contributed by atoms with Gasteiger partial charge in [0.2, 0.25) is 4.87 Å². The minimum absolute atomic E-state index is 0.0639. The first-order valence-corrected chi connectivity index (χ1v) is 9.69. The van der Waals surface area contributed by atoms with Crippen molar-refractivity contribution in [3.05, 3.63) is 41.3 Å². The highest BCUT2D eigenvalue weighted by molar-refractivity contribution is 8.04. The Bertz CT molecular complexity index is 802. The predicted molar refractivity (Wildman–Crippen MR) is 101 cm³/mol. The molecule has 136 valence electrons. The first-order chi connectivity index (χ1) is 12.8. The monoisotopic (exact) mass is 372 g/mol. The largest absolute Gasteiger partial charge is 0.497 e. The fourth-order valence-corrected chi connectivity index (χ4v) is 5.55. The molecule has 0 bridgehead atoms. The number of likely N-dealkylation sites (tertiary alicyclic amines) is 1. The van der Waals surface area contributed by atoms with Crippen LogP contribution in [0.25, 0.3) is 0 Å². The molecule has 26 heavy (non-hydrogen) atoms. The number of piperidine rings is 1. The summed E-state index contributed by atoms with van der Waals surface area (Å²) in [6.45, 7) is 0.800. The molecule has 0 saturated carbocycles. The lowest BCUT2D eigenvalue weighted by molar-refractivity contribution is -0.115. The second-order valence-electron chi connectivity index (χ2n) is 6.75. The Morgan fingerprint density at radius 3 is 3.04 bits per heavy atom. The van der Waals surface area contributed by atoms with E-state index in [2.05, 4.69) is 38.8 Å². The van der Waals surface area contributed by atoms with Gasteiger partial charge < -0.3 is 4.74 Å². The minimum Gasteiger partial charge on any atom is -0.497 e. The highest BCUT2D eigenvalue weighted by atomic mass is 32.2. The topological polar surface area (TPSA) is 80.8 Å². The Hall–Kier alpha value is -2.19. The van der Waals surface area contributed by atoms with Crippen LogP contribution in [0.3, 0.4) is 0 Å². The van der Waals surface area contributed by atoms with Crippen LogP contribution in [0.2, 0.25) is 0 Å². The molecule has 1 aromatic carbocycles. The smallest absolute Gasteiger partial charge is 0.369 e. The fourth-order valence-electron chi connectivity index (χ4n) is 4.39. The molecular formula is C18H22N5O2S+. The Kier molecular flexibility index (Phi) is 4.54. The number of aromatic amines is 1. The lowest BCUT2D eigenvalue weighted by atomic mass is 9.89. The van der Waals surface area contributed by atoms with Crippen LogP contribution < -0.4 is 9.22 Å². The molecule has 2 aliphatic heterocycles. The van der Waals surface area contributed by atoms with E-state index in [1.165, 1.54) is 0 Å². The predicted octanol–water partition coefficient (Wildman–Crippen LogP) is 2.99. The number of methoxy groups -OCH3 is 1. The maximum atomic E-state index is 12.4. The summed E-state index contributed by atoms with van der Waals surface area (Å²) in [5, 5.41) is 17.2. The van der Waals surface area contributed by atoms with Crippen molar-refractivity contribution >= 4 is 24.0 Å². The molecule has 1 N–H and O–H groups in total. The summed E-state index contributed by atoms with van der Waals surface area (Å²) in [4.78, 5) is 11.8. The summed E-state index contributed by atoms with van der Waals surface area (Å²) in [5.74, 6) is 1.40. The lowest BCUT2D eigenvalue weighted by Gasteiger charge is -2.52. The van der Waals surface area contributed by atoms with E-state index in [1.54, 1.807) is 18.9 Å². The van der Waals surface area contributed by atoms with Crippen molar-refractivity contribution in [3.8, 4) is 5.75 Å². The average Bonchev–Trinajstić information content (AvgIpc) is 3.40. The van der Waals surface area contributed by atoms with Gasteiger partial charge in [-0.2, -0.15) is 5.21 Å². The molecule has 0 radical (unpaired) electrons. The van der Waals surface area contributed by atoms with Crippen molar-refractivity contribution in [2.24, 2.45) is 0 Å². The van der Waals surface area contributed by atoms with Crippen molar-refractivity contribution in [2.45, 2.75) is 36.6 Å². The first-order valence-electron chi connectivity index (χ1n) is 8.81. The van der Waals surface area contributed by atoms with Crippen LogP contribution in [-0.2, 0) is 4.79 Å². The number of aromatic nitrogens is 4. The van der Waals surface area contributed by atoms with E-state index in [9.17, 15) is 4.79 Å². The van der Waals surface area contributed by atoms with E-state index in [0.29, 0.717) is 16.9 Å². The number of thioether (sulfide) groups is 1. The van der Waals surface area contributed by atoms with Gasteiger partial charge in [-0.05, 0) is 35.6 Å². The number of rotatable bonds is 5. The van der Waals surface area contributed by atoms with Crippen LogP contribution >= 0.6 is 11.8 Å². The molecule has 1 saturated heterocycles. The molecule has 0 spiro atoms. The third-order valence-electron chi connectivity index (χ3n) is 5.58. The lowest BCUT2D eigenvalue weighted by Crippen LogP contribution is -2.68. The molecule has 8 heteroatoms. The molecule has 3 unspecified atom stereocenters. The van der Waals surface area contributed by atoms with E-state index in [1.807, 2.05) is 17.5 Å². The Labute approximate surface area is 156 Å². The SMILES string of the molecule is COc1cccc(C2CCCC[N+]2(c2nn[nH]n2)C2(C=O)CC=CS2)c1. The zero-order valence-corrected chi connectivity index (χ0v) is 15.5. The van der Waals surface area contributed by atoms with E-state index in [4.69, 9.17) is 4.74 Å². The zero-order chi connectivity index (χ0) is 18.0. The molecule has 2 aromatic rings. The number of quaternary nitrogens is 1. The van der Waals surface area contributed by atoms with Gasteiger partial charge >= 0.3 is 5.95 Å². The van der Waals surface area contributed by atoms with Crippen molar-refractivity contribution in [1.29, 1.82) is 0 Å². The average molecular weight is 372 g/mol. The fraction of sp³-hybridized carbons (Fsp3) is 0.444. The number of hydrogen-bond acceptors (Lipinski definition) is 6. The summed E-state index contributed by atoms with van der Waals surface area (Å²) >= 11 is 1.57. The zero-order valence-electron chi connectivity index (χ0n) is 14.7. The van der Waals surface area contributed by atoms with Gasteiger partial charge in [0.25, 0.3) is 0 Å². The molecule has 1 aromatic heterocycles. The standard InChI is InChI=1S/C18H22N5O2S/c1-25-15-7-4-6-14(12-15)16-8-2-3-10-23(16,17-19-21-22-20-17)18(13-24)9-5-11-26-18/h4-7,11-13,16H,2-3,8-10H2,1H3,(H,19,20,21,22)/q+1. The number of aldehydes is 1. The van der Waals surface area contributed by atoms with Crippen LogP contribution in [0.5, 0.6) is 5.75 Å². The maximum Gasteiger partial charge on any atom is 0.369 e. The highest BCUT2D eigenvalue weighted by Gasteiger charge is 2.61. The molecular weight excluding hydrogens is 350 g/mol. The van der Waals surface area contributed by atoms with Gasteiger partial charge in [-0.3, -0.25) is 4.79 Å². The summed E-state index contributed by atoms with van der Waals surface area (Å²) in [5.41, 5.74) is 1.14. The number of nitrogens with one attached hydrogen (secondary N) is 1. The summed E-state index contributed by atoms with van der Waals surface area (Å²) in [7, 11) is 1.67. The molecule has 1 fully saturated rings. The number of ether oxygens (including phenoxy) is 1. The van der Waals surface area contributed by atoms with Gasteiger partial charge in [-0.1, -0.05) is 40.2 Å². The van der Waals surface area contributed by atoms with Gasteiger partial charge in [-0.15, -0.1) is 0 Å². The second kappa shape index (κ2) is 6.85. The minimum atomic E-state index is -0.669. The number of hydrogen-bond donors (Lipinski definition) is 1. The molecule has 4 rings (SSSR count). The van der Waals surface area contributed by atoms with E-state index in [-0.39, 0.29) is 6.04 Å². The van der Waals surface area contributed by atoms with Crippen LogP contribution in [0.4, 0.5) is 5.95 Å². The summed E-state index contributed by atoms with van der Waals surface area (Å²) in [6.07, 6.45) is 6.90. The maximum absolute atomic E-state index is 12.4. The molecule has 2 aliphatic rings. The number of carbonyl (C=O) groups excluding carboxylic acids is 1. The van der Waals surface area contributed by atoms with Gasteiger partial charge in [-0.25, -0.2) is 4.48 Å². The number of benzene rings is 1. The molecule has 7 nitrogen and oxygen atoms in total. The third kappa shape index (κ3) is 2.47. The normalized spacial score (nSPS) is 31.0. The van der Waals surface area contributed by atoms with Crippen LogP contribution in [0.15, 0.2) is 35.7 Å². The quantitative estimate of drug-likeness (QED) is 0.642. The van der Waals surface area contributed by atoms with Gasteiger partial charge in [0.05, 0.1) is 13.7 Å². The summed E-state index contributed by atoms with van der Waals surface area (Å²) in [6, 6.07) is 8.18. The van der Waals surface area contributed by atoms with Crippen molar-refractivity contribution < 1.29 is 9.53 Å². The van der Waals surface area contributed by atoms with Crippen molar-refractivity contribution in [3.63, 3.8) is 0 Å². The summed E-state index contributed by atoms with van der Waals surface area (Å²) < 4.78 is 5.82. The molecule has 0 amide bonds. The Morgan fingerprint density at radius 2 is 2.35 bits per heavy atom. The van der Waals surface area contributed by atoms with Gasteiger partial charge in [0.15, 0.2) is 6.29 Å². The molecule has 0 aliphatic carbocycles. The van der Waals surface area contributed by atoms with Crippen molar-refractivity contribution in [2.75, 3.05) is 13.7 Å². The first kappa shape index (κ1) is 17.2. The molecule has 3 heterocycles. The van der Waals surface area contributed by atoms with Crippen LogP contribution in [0.1, 0.15) is 37.3 Å². The van der Waals surface area contributed by atoms with E-state index >= 15 is 0 Å². The van der Waals surface area contributed by atoms with E-state index in [0.717, 1.165) is 43.4 Å². The Balaban J connectivity index is 1.91. The van der Waals surface area contributed by atoms with Crippen LogP contribution in [0, 0.1) is 0 Å². The highest BCUT2D eigenvalue weighted by Crippen LogP contribution is 2.53. The number of tetrazole rings is 1. The van der Waals surface area contributed by atoms with Crippen molar-refractivity contribution in [1.82, 2.24) is 25.1 Å². The number of carbonyl (C=O) groups is 1. The van der Waals surface area contributed by atoms with Gasteiger partial charge in [0.1, 0.15) is 11.8 Å². The number of nitrogens with zero attached hydrogens (tertiary/aromatic N) is 4.